The average Bonchev–Trinajstić information content (AvgIpc) is 3.07. The number of phosphoric ester groups is 1. The van der Waals surface area contributed by atoms with E-state index in [1.807, 2.05) is 21.1 Å². The van der Waals surface area contributed by atoms with Crippen molar-refractivity contribution in [2.24, 2.45) is 0 Å². The minimum atomic E-state index is -4.31. The average molecular weight is 746 g/mol. The number of carbonyl (C=O) groups is 1. The van der Waals surface area contributed by atoms with Gasteiger partial charge < -0.3 is 19.8 Å². The number of rotatable bonds is 39. The second-order valence-electron chi connectivity index (χ2n) is 16.1. The van der Waals surface area contributed by atoms with Gasteiger partial charge in [0.2, 0.25) is 5.91 Å². The number of aliphatic hydroxyl groups is 1. The second-order valence-corrected chi connectivity index (χ2v) is 17.5. The van der Waals surface area contributed by atoms with Crippen molar-refractivity contribution < 1.29 is 32.9 Å². The summed E-state index contributed by atoms with van der Waals surface area (Å²) in [7, 11) is 1.60. The molecule has 0 aliphatic rings. The van der Waals surface area contributed by atoms with Crippen LogP contribution in [0.5, 0.6) is 0 Å². The number of nitrogens with zero attached hydrogens (tertiary/aromatic N) is 1. The van der Waals surface area contributed by atoms with Gasteiger partial charge in [0.15, 0.2) is 0 Å². The SMILES string of the molecule is CCCCCCCCCCCCC/C=C/CCCC[C@@H](O)[C@H](COP(=O)(O)OCC[N+](C)(C)C)NC(=O)CCCCCCCCCCCCCC. The Kier molecular flexibility index (Phi) is 34.5. The normalized spacial score (nSPS) is 14.6. The Balaban J connectivity index is 4.41. The van der Waals surface area contributed by atoms with E-state index in [1.54, 1.807) is 0 Å². The fourth-order valence-corrected chi connectivity index (χ4v) is 7.01. The zero-order chi connectivity index (χ0) is 37.9. The van der Waals surface area contributed by atoms with Crippen LogP contribution in [0.2, 0.25) is 0 Å². The van der Waals surface area contributed by atoms with Gasteiger partial charge in [-0.25, -0.2) is 4.57 Å². The lowest BCUT2D eigenvalue weighted by atomic mass is 10.0. The molecule has 8 nitrogen and oxygen atoms in total. The topological polar surface area (TPSA) is 105 Å². The van der Waals surface area contributed by atoms with Crippen LogP contribution in [-0.4, -0.2) is 73.4 Å². The van der Waals surface area contributed by atoms with E-state index in [1.165, 1.54) is 128 Å². The lowest BCUT2D eigenvalue weighted by Gasteiger charge is -2.26. The summed E-state index contributed by atoms with van der Waals surface area (Å²) in [6.07, 6.45) is 38.1. The van der Waals surface area contributed by atoms with Crippen molar-refractivity contribution in [1.29, 1.82) is 0 Å². The Morgan fingerprint density at radius 3 is 1.51 bits per heavy atom. The predicted octanol–water partition coefficient (Wildman–Crippen LogP) is 11.6. The van der Waals surface area contributed by atoms with E-state index in [0.29, 0.717) is 23.9 Å². The number of aliphatic hydroxyl groups excluding tert-OH is 1. The molecule has 0 spiro atoms. The van der Waals surface area contributed by atoms with Crippen LogP contribution in [0.15, 0.2) is 12.2 Å². The van der Waals surface area contributed by atoms with Crippen LogP contribution in [0.1, 0.15) is 200 Å². The molecule has 0 bridgehead atoms. The number of allylic oxidation sites excluding steroid dienone is 2. The first-order chi connectivity index (χ1) is 24.5. The molecule has 1 amide bonds. The number of nitrogens with one attached hydrogen (secondary N) is 1. The van der Waals surface area contributed by atoms with Gasteiger partial charge in [0.1, 0.15) is 13.2 Å². The van der Waals surface area contributed by atoms with Crippen molar-refractivity contribution in [3.05, 3.63) is 12.2 Å². The molecule has 0 saturated heterocycles. The fraction of sp³-hybridized carbons (Fsp3) is 0.929. The van der Waals surface area contributed by atoms with Gasteiger partial charge in [0.05, 0.1) is 39.9 Å². The van der Waals surface area contributed by atoms with Crippen LogP contribution < -0.4 is 5.32 Å². The van der Waals surface area contributed by atoms with E-state index in [-0.39, 0.29) is 19.1 Å². The molecule has 3 atom stereocenters. The summed E-state index contributed by atoms with van der Waals surface area (Å²) in [5, 5.41) is 13.9. The van der Waals surface area contributed by atoms with E-state index in [0.717, 1.165) is 44.9 Å². The van der Waals surface area contributed by atoms with E-state index in [4.69, 9.17) is 9.05 Å². The van der Waals surface area contributed by atoms with Gasteiger partial charge in [0.25, 0.3) is 0 Å². The summed E-state index contributed by atoms with van der Waals surface area (Å²) >= 11 is 0. The molecule has 0 aliphatic carbocycles. The van der Waals surface area contributed by atoms with E-state index in [2.05, 4.69) is 31.3 Å². The first kappa shape index (κ1) is 50.2. The van der Waals surface area contributed by atoms with Gasteiger partial charge in [-0.1, -0.05) is 167 Å². The summed E-state index contributed by atoms with van der Waals surface area (Å²) in [5.74, 6) is -0.154. The third-order valence-electron chi connectivity index (χ3n) is 9.76. The Hall–Kier alpha value is -0.760. The predicted molar refractivity (Wildman–Crippen MR) is 217 cm³/mol. The van der Waals surface area contributed by atoms with Gasteiger partial charge in [-0.05, 0) is 38.5 Å². The molecule has 0 aliphatic heterocycles. The molecule has 0 aromatic rings. The van der Waals surface area contributed by atoms with Crippen molar-refractivity contribution in [2.45, 2.75) is 212 Å². The highest BCUT2D eigenvalue weighted by Gasteiger charge is 2.28. The molecular weight excluding hydrogens is 659 g/mol. The van der Waals surface area contributed by atoms with Crippen molar-refractivity contribution in [2.75, 3.05) is 40.9 Å². The second kappa shape index (κ2) is 35.0. The minimum Gasteiger partial charge on any atom is -0.391 e. The molecule has 0 aromatic heterocycles. The fourth-order valence-electron chi connectivity index (χ4n) is 6.28. The summed E-state index contributed by atoms with van der Waals surface area (Å²) in [6.45, 7) is 4.86. The molecule has 304 valence electrons. The molecule has 0 fully saturated rings. The minimum absolute atomic E-state index is 0.0720. The molecule has 1 unspecified atom stereocenters. The van der Waals surface area contributed by atoms with Crippen LogP contribution in [-0.2, 0) is 18.4 Å². The number of amides is 1. The van der Waals surface area contributed by atoms with E-state index in [9.17, 15) is 19.4 Å². The molecule has 0 rings (SSSR count). The van der Waals surface area contributed by atoms with Crippen LogP contribution in [0.25, 0.3) is 0 Å². The number of hydrogen-bond donors (Lipinski definition) is 3. The van der Waals surface area contributed by atoms with Crippen molar-refractivity contribution in [1.82, 2.24) is 5.32 Å². The molecule has 51 heavy (non-hydrogen) atoms. The summed E-state index contributed by atoms with van der Waals surface area (Å²) < 4.78 is 23.6. The van der Waals surface area contributed by atoms with Crippen molar-refractivity contribution >= 4 is 13.7 Å². The summed E-state index contributed by atoms with van der Waals surface area (Å²) in [5.41, 5.74) is 0. The van der Waals surface area contributed by atoms with Gasteiger partial charge in [-0.15, -0.1) is 0 Å². The van der Waals surface area contributed by atoms with Gasteiger partial charge >= 0.3 is 7.82 Å². The molecule has 0 radical (unpaired) electrons. The van der Waals surface area contributed by atoms with Crippen LogP contribution >= 0.6 is 7.82 Å². The number of unbranched alkanes of at least 4 members (excludes halogenated alkanes) is 24. The molecule has 0 saturated carbocycles. The number of quaternary nitrogens is 1. The zero-order valence-electron chi connectivity index (χ0n) is 34.4. The Labute approximate surface area is 316 Å². The number of likely N-dealkylation sites (N-methyl/N-ethyl adjacent to an activating group) is 1. The monoisotopic (exact) mass is 746 g/mol. The largest absolute Gasteiger partial charge is 0.472 e. The first-order valence-electron chi connectivity index (χ1n) is 21.6. The van der Waals surface area contributed by atoms with E-state index >= 15 is 0 Å². The Morgan fingerprint density at radius 1 is 0.647 bits per heavy atom. The molecular formula is C42H86N2O6P+. The summed E-state index contributed by atoms with van der Waals surface area (Å²) in [4.78, 5) is 23.1. The first-order valence-corrected chi connectivity index (χ1v) is 23.0. The third kappa shape index (κ3) is 37.4. The zero-order valence-corrected chi connectivity index (χ0v) is 35.3. The quantitative estimate of drug-likeness (QED) is 0.0250. The highest BCUT2D eigenvalue weighted by molar-refractivity contribution is 7.47. The van der Waals surface area contributed by atoms with Gasteiger partial charge in [0, 0.05) is 6.42 Å². The maximum Gasteiger partial charge on any atom is 0.472 e. The number of hydrogen-bond acceptors (Lipinski definition) is 5. The molecule has 0 heterocycles. The van der Waals surface area contributed by atoms with Gasteiger partial charge in [-0.2, -0.15) is 0 Å². The highest BCUT2D eigenvalue weighted by atomic mass is 31.2. The smallest absolute Gasteiger partial charge is 0.391 e. The Bertz CT molecular complexity index is 850. The van der Waals surface area contributed by atoms with E-state index < -0.39 is 20.0 Å². The van der Waals surface area contributed by atoms with Crippen molar-refractivity contribution in [3.63, 3.8) is 0 Å². The van der Waals surface area contributed by atoms with Crippen LogP contribution in [0.4, 0.5) is 0 Å². The maximum absolute atomic E-state index is 12.8. The molecule has 9 heteroatoms. The molecule has 3 N–H and O–H groups in total. The van der Waals surface area contributed by atoms with Crippen LogP contribution in [0.3, 0.4) is 0 Å². The lowest BCUT2D eigenvalue weighted by molar-refractivity contribution is -0.870. The standard InChI is InChI=1S/C42H85N2O6P/c1-6-8-10-12-14-16-18-20-21-22-23-24-25-27-29-31-33-35-41(45)40(39-50-51(47,48)49-38-37-44(3,4)5)43-42(46)36-34-32-30-28-26-19-17-15-13-11-9-7-2/h25,27,40-41,45H,6-24,26,28-39H2,1-5H3,(H-,43,46,47,48)/p+1/b27-25+/t40-,41+/m0/s1. The molecule has 0 aromatic carbocycles. The number of carbonyl (C=O) groups excluding carboxylic acids is 1. The summed E-state index contributed by atoms with van der Waals surface area (Å²) in [6, 6.07) is -0.770. The Morgan fingerprint density at radius 2 is 1.06 bits per heavy atom. The van der Waals surface area contributed by atoms with Gasteiger partial charge in [-0.3, -0.25) is 13.8 Å². The van der Waals surface area contributed by atoms with Crippen LogP contribution in [0, 0.1) is 0 Å². The third-order valence-corrected chi connectivity index (χ3v) is 10.7. The maximum atomic E-state index is 12.8. The van der Waals surface area contributed by atoms with Crippen molar-refractivity contribution in [3.8, 4) is 0 Å². The number of phosphoric acid groups is 1. The highest BCUT2D eigenvalue weighted by Crippen LogP contribution is 2.43. The lowest BCUT2D eigenvalue weighted by Crippen LogP contribution is -2.46.